The van der Waals surface area contributed by atoms with E-state index in [-0.39, 0.29) is 29.0 Å². The molecule has 186 valence electrons. The zero-order valence-electron chi connectivity index (χ0n) is 20.0. The van der Waals surface area contributed by atoms with Gasteiger partial charge in [-0.25, -0.2) is 13.2 Å². The number of hydrogen-bond donors (Lipinski definition) is 1. The van der Waals surface area contributed by atoms with Gasteiger partial charge in [0.15, 0.2) is 6.10 Å². The highest BCUT2D eigenvalue weighted by Crippen LogP contribution is 2.30. The van der Waals surface area contributed by atoms with Crippen molar-refractivity contribution in [1.29, 1.82) is 0 Å². The SMILES string of the molecule is Cc1ccc(S(=O)(=O)N2CCCC[C@@H]2C)cc1C(=O)O[C@H](C)C(=O)N1CC(=O)Nc2ccccc21. The molecule has 2 heterocycles. The minimum Gasteiger partial charge on any atom is -0.449 e. The summed E-state index contributed by atoms with van der Waals surface area (Å²) in [6.45, 7) is 5.23. The van der Waals surface area contributed by atoms with Gasteiger partial charge in [-0.3, -0.25) is 14.5 Å². The Kier molecular flexibility index (Phi) is 6.95. The second kappa shape index (κ2) is 9.79. The van der Waals surface area contributed by atoms with Crippen molar-refractivity contribution in [2.24, 2.45) is 0 Å². The molecule has 4 rings (SSSR count). The number of fused-ring (bicyclic) bond motifs is 1. The van der Waals surface area contributed by atoms with Crippen LogP contribution >= 0.6 is 0 Å². The highest BCUT2D eigenvalue weighted by Gasteiger charge is 2.34. The number of benzene rings is 2. The summed E-state index contributed by atoms with van der Waals surface area (Å²) in [5.74, 6) is -1.71. The molecule has 1 fully saturated rings. The first kappa shape index (κ1) is 24.9. The van der Waals surface area contributed by atoms with E-state index in [0.717, 1.165) is 19.3 Å². The average molecular weight is 500 g/mol. The standard InChI is InChI=1S/C25H29N3O6S/c1-16-11-12-19(35(32,33)28-13-7-6-8-17(28)2)14-20(16)25(31)34-18(3)24(30)27-15-23(29)26-21-9-4-5-10-22(21)27/h4-5,9-12,14,17-18H,6-8,13,15H2,1-3H3,(H,26,29)/t17-,18+/m0/s1. The lowest BCUT2D eigenvalue weighted by molar-refractivity contribution is -0.128. The largest absolute Gasteiger partial charge is 0.449 e. The van der Waals surface area contributed by atoms with Crippen LogP contribution in [0.4, 0.5) is 11.4 Å². The minimum atomic E-state index is -3.78. The molecule has 0 saturated carbocycles. The van der Waals surface area contributed by atoms with Gasteiger partial charge in [0.1, 0.15) is 6.54 Å². The van der Waals surface area contributed by atoms with Gasteiger partial charge in [0.05, 0.1) is 21.8 Å². The van der Waals surface area contributed by atoms with Crippen LogP contribution in [0.3, 0.4) is 0 Å². The van der Waals surface area contributed by atoms with Gasteiger partial charge in [0.25, 0.3) is 5.91 Å². The van der Waals surface area contributed by atoms with Gasteiger partial charge in [0, 0.05) is 12.6 Å². The number of amides is 2. The molecule has 2 aromatic carbocycles. The van der Waals surface area contributed by atoms with Gasteiger partial charge >= 0.3 is 5.97 Å². The zero-order chi connectivity index (χ0) is 25.3. The number of carbonyl (C=O) groups excluding carboxylic acids is 3. The maximum atomic E-state index is 13.2. The molecule has 2 aromatic rings. The lowest BCUT2D eigenvalue weighted by Gasteiger charge is -2.32. The first-order valence-electron chi connectivity index (χ1n) is 11.6. The number of esters is 1. The van der Waals surface area contributed by atoms with E-state index in [2.05, 4.69) is 5.32 Å². The molecule has 0 aliphatic carbocycles. The number of piperidine rings is 1. The molecule has 2 amide bonds. The molecule has 9 nitrogen and oxygen atoms in total. The Balaban J connectivity index is 1.54. The minimum absolute atomic E-state index is 0.0180. The van der Waals surface area contributed by atoms with Crippen LogP contribution in [-0.2, 0) is 24.3 Å². The Morgan fingerprint density at radius 2 is 1.89 bits per heavy atom. The van der Waals surface area contributed by atoms with E-state index >= 15 is 0 Å². The fraction of sp³-hybridized carbons (Fsp3) is 0.400. The Bertz CT molecular complexity index is 1280. The zero-order valence-corrected chi connectivity index (χ0v) is 20.8. The van der Waals surface area contributed by atoms with Crippen LogP contribution < -0.4 is 10.2 Å². The van der Waals surface area contributed by atoms with Crippen molar-refractivity contribution in [2.45, 2.75) is 57.1 Å². The third kappa shape index (κ3) is 4.94. The third-order valence-corrected chi connectivity index (χ3v) is 8.46. The van der Waals surface area contributed by atoms with E-state index in [1.54, 1.807) is 37.3 Å². The summed E-state index contributed by atoms with van der Waals surface area (Å²) in [7, 11) is -3.78. The molecule has 1 saturated heterocycles. The molecule has 0 bridgehead atoms. The van der Waals surface area contributed by atoms with Crippen molar-refractivity contribution in [3.63, 3.8) is 0 Å². The fourth-order valence-corrected chi connectivity index (χ4v) is 6.20. The highest BCUT2D eigenvalue weighted by atomic mass is 32.2. The van der Waals surface area contributed by atoms with Crippen LogP contribution in [0.1, 0.15) is 49.0 Å². The second-order valence-corrected chi connectivity index (χ2v) is 10.9. The predicted octanol–water partition coefficient (Wildman–Crippen LogP) is 3.09. The van der Waals surface area contributed by atoms with Crippen LogP contribution in [0.5, 0.6) is 0 Å². The fourth-order valence-electron chi connectivity index (χ4n) is 4.47. The molecule has 0 spiro atoms. The van der Waals surface area contributed by atoms with Gasteiger partial charge in [-0.15, -0.1) is 0 Å². The lowest BCUT2D eigenvalue weighted by Crippen LogP contribution is -2.47. The van der Waals surface area contributed by atoms with Crippen molar-refractivity contribution >= 4 is 39.2 Å². The van der Waals surface area contributed by atoms with Gasteiger partial charge in [-0.05, 0) is 63.4 Å². The van der Waals surface area contributed by atoms with E-state index in [9.17, 15) is 22.8 Å². The summed E-state index contributed by atoms with van der Waals surface area (Å²) in [6, 6.07) is 11.1. The summed E-state index contributed by atoms with van der Waals surface area (Å²) in [5.41, 5.74) is 1.62. The van der Waals surface area contributed by atoms with Crippen molar-refractivity contribution in [3.05, 3.63) is 53.6 Å². The number of nitrogens with one attached hydrogen (secondary N) is 1. The van der Waals surface area contributed by atoms with Gasteiger partial charge in [-0.2, -0.15) is 4.31 Å². The van der Waals surface area contributed by atoms with E-state index < -0.39 is 28.0 Å². The Hall–Kier alpha value is -3.24. The summed E-state index contributed by atoms with van der Waals surface area (Å²) >= 11 is 0. The second-order valence-electron chi connectivity index (χ2n) is 8.97. The summed E-state index contributed by atoms with van der Waals surface area (Å²) in [4.78, 5) is 39.5. The van der Waals surface area contributed by atoms with Crippen molar-refractivity contribution in [3.8, 4) is 0 Å². The van der Waals surface area contributed by atoms with Gasteiger partial charge in [-0.1, -0.05) is 24.6 Å². The molecule has 35 heavy (non-hydrogen) atoms. The number of anilines is 2. The molecule has 10 heteroatoms. The van der Waals surface area contributed by atoms with E-state index in [4.69, 9.17) is 4.74 Å². The highest BCUT2D eigenvalue weighted by molar-refractivity contribution is 7.89. The number of aryl methyl sites for hydroxylation is 1. The number of para-hydroxylation sites is 2. The van der Waals surface area contributed by atoms with Gasteiger partial charge in [0.2, 0.25) is 15.9 Å². The molecule has 2 atom stereocenters. The molecule has 0 aromatic heterocycles. The number of sulfonamides is 1. The normalized spacial score (nSPS) is 19.5. The maximum Gasteiger partial charge on any atom is 0.339 e. The van der Waals surface area contributed by atoms with Crippen molar-refractivity contribution < 1.29 is 27.5 Å². The quantitative estimate of drug-likeness (QED) is 0.633. The first-order valence-corrected chi connectivity index (χ1v) is 13.1. The Morgan fingerprint density at radius 3 is 2.63 bits per heavy atom. The van der Waals surface area contributed by atoms with E-state index in [1.807, 2.05) is 6.92 Å². The number of carbonyl (C=O) groups is 3. The molecule has 2 aliphatic rings. The Labute approximate surface area is 205 Å². The van der Waals surface area contributed by atoms with Crippen molar-refractivity contribution in [1.82, 2.24) is 4.31 Å². The number of rotatable bonds is 5. The summed E-state index contributed by atoms with van der Waals surface area (Å²) in [6.07, 6.45) is 1.37. The summed E-state index contributed by atoms with van der Waals surface area (Å²) in [5, 5.41) is 2.71. The average Bonchev–Trinajstić information content (AvgIpc) is 2.83. The van der Waals surface area contributed by atoms with Crippen LogP contribution in [0, 0.1) is 6.92 Å². The predicted molar refractivity (Wildman–Crippen MR) is 131 cm³/mol. The number of nitrogens with zero attached hydrogens (tertiary/aromatic N) is 2. The van der Waals surface area contributed by atoms with Gasteiger partial charge < -0.3 is 10.1 Å². The number of ether oxygens (including phenoxy) is 1. The van der Waals surface area contributed by atoms with Crippen LogP contribution in [0.2, 0.25) is 0 Å². The molecule has 0 radical (unpaired) electrons. The van der Waals surface area contributed by atoms with Crippen LogP contribution in [0.15, 0.2) is 47.4 Å². The number of hydrogen-bond acceptors (Lipinski definition) is 6. The molecular weight excluding hydrogens is 470 g/mol. The van der Waals surface area contributed by atoms with Crippen LogP contribution in [0.25, 0.3) is 0 Å². The third-order valence-electron chi connectivity index (χ3n) is 6.45. The monoisotopic (exact) mass is 499 g/mol. The van der Waals surface area contributed by atoms with E-state index in [0.29, 0.717) is 23.5 Å². The van der Waals surface area contributed by atoms with E-state index in [1.165, 1.54) is 28.3 Å². The molecule has 0 unspecified atom stereocenters. The maximum absolute atomic E-state index is 13.2. The smallest absolute Gasteiger partial charge is 0.339 e. The Morgan fingerprint density at radius 1 is 1.14 bits per heavy atom. The molecular formula is C25H29N3O6S. The van der Waals surface area contributed by atoms with Crippen LogP contribution in [-0.4, -0.2) is 55.7 Å². The topological polar surface area (TPSA) is 113 Å². The lowest BCUT2D eigenvalue weighted by atomic mass is 10.1. The first-order chi connectivity index (χ1) is 16.6. The van der Waals surface area contributed by atoms with Crippen molar-refractivity contribution in [2.75, 3.05) is 23.3 Å². The molecule has 1 N–H and O–H groups in total. The summed E-state index contributed by atoms with van der Waals surface area (Å²) < 4.78 is 33.4. The molecule has 2 aliphatic heterocycles.